The summed E-state index contributed by atoms with van der Waals surface area (Å²) < 4.78 is 45.3. The number of likely N-dealkylation sites (N-methyl/N-ethyl adjacent to an activating group) is 1. The molecule has 33 heavy (non-hydrogen) atoms. The Balaban J connectivity index is 1.50. The van der Waals surface area contributed by atoms with E-state index in [1.54, 1.807) is 48.5 Å². The van der Waals surface area contributed by atoms with E-state index in [9.17, 15) is 27.6 Å². The summed E-state index contributed by atoms with van der Waals surface area (Å²) in [6, 6.07) is 16.5. The molecule has 0 unspecified atom stereocenters. The summed E-state index contributed by atoms with van der Waals surface area (Å²) in [6.45, 7) is -0.861. The van der Waals surface area contributed by atoms with Crippen LogP contribution < -0.4 is 10.1 Å². The molecule has 170 valence electrons. The van der Waals surface area contributed by atoms with Crippen LogP contribution in [-0.4, -0.2) is 42.7 Å². The summed E-state index contributed by atoms with van der Waals surface area (Å²) in [6.07, 6.45) is 0. The molecule has 3 rings (SSSR count). The van der Waals surface area contributed by atoms with Crippen molar-refractivity contribution in [3.63, 3.8) is 0 Å². The smallest absolute Gasteiger partial charge is 0.260 e. The first kappa shape index (κ1) is 23.5. The molecule has 0 aliphatic carbocycles. The first-order chi connectivity index (χ1) is 15.8. The molecular weight excluding hydrogens is 437 g/mol. The van der Waals surface area contributed by atoms with E-state index < -0.39 is 48.1 Å². The fourth-order valence-electron chi connectivity index (χ4n) is 2.83. The van der Waals surface area contributed by atoms with Crippen LogP contribution in [0.5, 0.6) is 5.75 Å². The predicted molar refractivity (Wildman–Crippen MR) is 114 cm³/mol. The zero-order valence-electron chi connectivity index (χ0n) is 17.5. The highest BCUT2D eigenvalue weighted by atomic mass is 19.2. The number of hydrogen-bond donors (Lipinski definition) is 1. The molecule has 0 saturated heterocycles. The first-order valence-electron chi connectivity index (χ1n) is 9.76. The van der Waals surface area contributed by atoms with Crippen molar-refractivity contribution in [1.82, 2.24) is 4.90 Å². The Bertz CT molecular complexity index is 1170. The number of nitrogens with one attached hydrogen (secondary N) is 1. The summed E-state index contributed by atoms with van der Waals surface area (Å²) in [5, 5.41) is 2.08. The van der Waals surface area contributed by atoms with Gasteiger partial charge in [-0.25, -0.2) is 13.2 Å². The van der Waals surface area contributed by atoms with E-state index in [1.165, 1.54) is 7.05 Å². The number of benzene rings is 3. The Morgan fingerprint density at radius 2 is 1.48 bits per heavy atom. The van der Waals surface area contributed by atoms with Gasteiger partial charge in [-0.2, -0.15) is 0 Å². The Morgan fingerprint density at radius 3 is 2.15 bits per heavy atom. The van der Waals surface area contributed by atoms with E-state index in [4.69, 9.17) is 4.74 Å². The van der Waals surface area contributed by atoms with Crippen LogP contribution in [0.3, 0.4) is 0 Å². The Morgan fingerprint density at radius 1 is 0.848 bits per heavy atom. The molecule has 0 atom stereocenters. The molecule has 3 aromatic rings. The molecule has 1 N–H and O–H groups in total. The highest BCUT2D eigenvalue weighted by molar-refractivity contribution is 6.09. The number of carbonyl (C=O) groups is 3. The second-order valence-corrected chi connectivity index (χ2v) is 7.03. The van der Waals surface area contributed by atoms with Crippen LogP contribution >= 0.6 is 0 Å². The van der Waals surface area contributed by atoms with Gasteiger partial charge in [0, 0.05) is 18.2 Å². The quantitative estimate of drug-likeness (QED) is 0.413. The number of ether oxygens (including phenoxy) is 1. The second kappa shape index (κ2) is 10.4. The lowest BCUT2D eigenvalue weighted by molar-refractivity contribution is -0.135. The maximum absolute atomic E-state index is 13.7. The van der Waals surface area contributed by atoms with Gasteiger partial charge in [0.1, 0.15) is 5.75 Å². The molecule has 0 heterocycles. The summed E-state index contributed by atoms with van der Waals surface area (Å²) in [7, 11) is 1.33. The lowest BCUT2D eigenvalue weighted by Gasteiger charge is -2.17. The molecule has 0 spiro atoms. The lowest BCUT2D eigenvalue weighted by atomic mass is 10.0. The van der Waals surface area contributed by atoms with Gasteiger partial charge in [0.25, 0.3) is 5.91 Å². The maximum atomic E-state index is 13.7. The molecular formula is C24H19F3N2O4. The number of ketones is 1. The third-order valence-corrected chi connectivity index (χ3v) is 4.63. The van der Waals surface area contributed by atoms with Crippen molar-refractivity contribution >= 4 is 23.3 Å². The van der Waals surface area contributed by atoms with Crippen LogP contribution in [0.25, 0.3) is 0 Å². The van der Waals surface area contributed by atoms with Crippen molar-refractivity contribution in [1.29, 1.82) is 0 Å². The molecule has 0 aliphatic rings. The number of hydrogen-bond acceptors (Lipinski definition) is 4. The van der Waals surface area contributed by atoms with Crippen LogP contribution in [0, 0.1) is 17.5 Å². The summed E-state index contributed by atoms with van der Waals surface area (Å²) in [4.78, 5) is 37.6. The highest BCUT2D eigenvalue weighted by Gasteiger charge is 2.18. The highest BCUT2D eigenvalue weighted by Crippen LogP contribution is 2.19. The van der Waals surface area contributed by atoms with E-state index in [0.29, 0.717) is 22.9 Å². The molecule has 0 aromatic heterocycles. The van der Waals surface area contributed by atoms with Gasteiger partial charge in [0.15, 0.2) is 29.8 Å². The van der Waals surface area contributed by atoms with Gasteiger partial charge in [0.05, 0.1) is 12.2 Å². The molecule has 0 aliphatic heterocycles. The third-order valence-electron chi connectivity index (χ3n) is 4.63. The minimum atomic E-state index is -1.71. The van der Waals surface area contributed by atoms with E-state index in [-0.39, 0.29) is 5.78 Å². The Labute approximate surface area is 187 Å². The van der Waals surface area contributed by atoms with Crippen LogP contribution in [0.4, 0.5) is 18.9 Å². The zero-order chi connectivity index (χ0) is 24.0. The van der Waals surface area contributed by atoms with Gasteiger partial charge in [-0.1, -0.05) is 30.3 Å². The maximum Gasteiger partial charge on any atom is 0.260 e. The molecule has 0 bridgehead atoms. The van der Waals surface area contributed by atoms with Gasteiger partial charge < -0.3 is 15.0 Å². The van der Waals surface area contributed by atoms with E-state index in [1.807, 2.05) is 6.07 Å². The lowest BCUT2D eigenvalue weighted by Crippen LogP contribution is -2.37. The van der Waals surface area contributed by atoms with Gasteiger partial charge in [0.2, 0.25) is 5.91 Å². The standard InChI is InChI=1S/C24H19F3N2O4/c1-29(13-20(30)28-19-12-11-18(25)22(26)23(19)27)21(31)14-33-17-9-7-16(8-10-17)24(32)15-5-3-2-4-6-15/h2-12H,13-14H2,1H3,(H,28,30). The van der Waals surface area contributed by atoms with Crippen LogP contribution in [0.2, 0.25) is 0 Å². The van der Waals surface area contributed by atoms with Crippen LogP contribution in [0.1, 0.15) is 15.9 Å². The minimum absolute atomic E-state index is 0.151. The fourth-order valence-corrected chi connectivity index (χ4v) is 2.83. The van der Waals surface area contributed by atoms with E-state index in [0.717, 1.165) is 11.0 Å². The van der Waals surface area contributed by atoms with Crippen molar-refractivity contribution < 1.29 is 32.3 Å². The number of halogens is 3. The number of nitrogens with zero attached hydrogens (tertiary/aromatic N) is 1. The van der Waals surface area contributed by atoms with Crippen molar-refractivity contribution in [2.45, 2.75) is 0 Å². The molecule has 6 nitrogen and oxygen atoms in total. The topological polar surface area (TPSA) is 75.7 Å². The van der Waals surface area contributed by atoms with Crippen molar-refractivity contribution in [2.24, 2.45) is 0 Å². The van der Waals surface area contributed by atoms with Gasteiger partial charge >= 0.3 is 0 Å². The summed E-state index contributed by atoms with van der Waals surface area (Å²) in [5.74, 6) is -5.79. The summed E-state index contributed by atoms with van der Waals surface area (Å²) in [5.41, 5.74) is 0.462. The van der Waals surface area contributed by atoms with Crippen molar-refractivity contribution in [3.8, 4) is 5.75 Å². The third kappa shape index (κ3) is 5.97. The first-order valence-corrected chi connectivity index (χ1v) is 9.76. The van der Waals surface area contributed by atoms with Crippen molar-refractivity contribution in [3.05, 3.63) is 95.3 Å². The largest absolute Gasteiger partial charge is 0.484 e. The van der Waals surface area contributed by atoms with E-state index >= 15 is 0 Å². The van der Waals surface area contributed by atoms with Gasteiger partial charge in [-0.3, -0.25) is 14.4 Å². The SMILES string of the molecule is CN(CC(=O)Nc1ccc(F)c(F)c1F)C(=O)COc1ccc(C(=O)c2ccccc2)cc1. The molecule has 0 radical (unpaired) electrons. The molecule has 2 amide bonds. The molecule has 3 aromatic carbocycles. The zero-order valence-corrected chi connectivity index (χ0v) is 17.5. The number of amides is 2. The molecule has 0 saturated carbocycles. The van der Waals surface area contributed by atoms with Gasteiger partial charge in [-0.05, 0) is 36.4 Å². The molecule has 9 heteroatoms. The number of anilines is 1. The Kier molecular flexibility index (Phi) is 7.45. The number of rotatable bonds is 8. The second-order valence-electron chi connectivity index (χ2n) is 7.03. The minimum Gasteiger partial charge on any atom is -0.484 e. The van der Waals surface area contributed by atoms with Crippen LogP contribution in [-0.2, 0) is 9.59 Å². The normalized spacial score (nSPS) is 10.4. The molecule has 0 fully saturated rings. The Hall–Kier alpha value is -4.14. The van der Waals surface area contributed by atoms with E-state index in [2.05, 4.69) is 5.32 Å². The fraction of sp³-hybridized carbons (Fsp3) is 0.125. The van der Waals surface area contributed by atoms with Crippen LogP contribution in [0.15, 0.2) is 66.7 Å². The average molecular weight is 456 g/mol. The van der Waals surface area contributed by atoms with Crippen molar-refractivity contribution in [2.75, 3.05) is 25.5 Å². The number of carbonyl (C=O) groups excluding carboxylic acids is 3. The summed E-state index contributed by atoms with van der Waals surface area (Å²) >= 11 is 0. The van der Waals surface area contributed by atoms with Gasteiger partial charge in [-0.15, -0.1) is 0 Å². The predicted octanol–water partition coefficient (Wildman–Crippen LogP) is 3.81. The monoisotopic (exact) mass is 456 g/mol. The average Bonchev–Trinajstić information content (AvgIpc) is 2.83.